The van der Waals surface area contributed by atoms with E-state index >= 15 is 0 Å². The molecule has 0 amide bonds. The van der Waals surface area contributed by atoms with E-state index in [0.29, 0.717) is 0 Å². The van der Waals surface area contributed by atoms with Crippen molar-refractivity contribution in [1.82, 2.24) is 0 Å². The van der Waals surface area contributed by atoms with E-state index < -0.39 is 0 Å². The number of ether oxygens (including phenoxy) is 1. The quantitative estimate of drug-likeness (QED) is 0.800. The fraction of sp³-hybridized carbons (Fsp3) is 0.500. The van der Waals surface area contributed by atoms with E-state index in [1.165, 1.54) is 18.4 Å². The normalized spacial score (nSPS) is 12.5. The van der Waals surface area contributed by atoms with Gasteiger partial charge in [-0.3, -0.25) is 0 Å². The van der Waals surface area contributed by atoms with Crippen molar-refractivity contribution < 1.29 is 9.84 Å². The number of methoxy groups -OCH3 is 1. The van der Waals surface area contributed by atoms with Crippen LogP contribution in [-0.4, -0.2) is 18.8 Å². The molecule has 1 atom stereocenters. The van der Waals surface area contributed by atoms with Gasteiger partial charge in [-0.25, -0.2) is 0 Å². The van der Waals surface area contributed by atoms with Gasteiger partial charge < -0.3 is 9.84 Å². The third-order valence-electron chi connectivity index (χ3n) is 2.74. The Bertz CT molecular complexity index is 321. The number of hydrogen-bond donors (Lipinski definition) is 1. The number of unbranched alkanes of at least 4 members (excludes halogenated alkanes) is 1. The summed E-state index contributed by atoms with van der Waals surface area (Å²) in [6.45, 7) is 6.17. The lowest BCUT2D eigenvalue weighted by Gasteiger charge is -2.12. The maximum Gasteiger partial charge on any atom is 0.119 e. The van der Waals surface area contributed by atoms with E-state index in [2.05, 4.69) is 26.0 Å². The van der Waals surface area contributed by atoms with Gasteiger partial charge in [-0.15, -0.1) is 0 Å². The summed E-state index contributed by atoms with van der Waals surface area (Å²) in [5.41, 5.74) is 2.31. The maximum absolute atomic E-state index is 9.12. The summed E-state index contributed by atoms with van der Waals surface area (Å²) < 4.78 is 5.26. The molecule has 16 heavy (non-hydrogen) atoms. The van der Waals surface area contributed by atoms with Crippen molar-refractivity contribution in [3.63, 3.8) is 0 Å². The lowest BCUT2D eigenvalue weighted by atomic mass is 9.97. The molecule has 0 aliphatic carbocycles. The summed E-state index contributed by atoms with van der Waals surface area (Å²) in [5, 5.41) is 9.12. The fourth-order valence-electron chi connectivity index (χ4n) is 1.67. The highest BCUT2D eigenvalue weighted by atomic mass is 16.5. The van der Waals surface area contributed by atoms with Crippen LogP contribution in [0.1, 0.15) is 36.8 Å². The van der Waals surface area contributed by atoms with E-state index in [0.717, 1.165) is 17.7 Å². The zero-order chi connectivity index (χ0) is 12.0. The highest BCUT2D eigenvalue weighted by Gasteiger charge is 2.07. The van der Waals surface area contributed by atoms with Gasteiger partial charge in [-0.1, -0.05) is 19.4 Å². The van der Waals surface area contributed by atoms with Crippen LogP contribution in [0.5, 0.6) is 5.75 Å². The van der Waals surface area contributed by atoms with Crippen LogP contribution in [0.15, 0.2) is 18.2 Å². The lowest BCUT2D eigenvalue weighted by molar-refractivity contribution is 0.282. The van der Waals surface area contributed by atoms with Gasteiger partial charge in [0, 0.05) is 12.5 Å². The summed E-state index contributed by atoms with van der Waals surface area (Å²) in [5.74, 6) is 0.779. The Morgan fingerprint density at radius 1 is 1.38 bits per heavy atom. The Balaban J connectivity index is 2.91. The first kappa shape index (κ1) is 13.0. The molecule has 0 aliphatic rings. The van der Waals surface area contributed by atoms with Gasteiger partial charge in [0.15, 0.2) is 0 Å². The fourth-order valence-corrected chi connectivity index (χ4v) is 1.67. The average molecular weight is 221 g/mol. The maximum atomic E-state index is 9.12. The summed E-state index contributed by atoms with van der Waals surface area (Å²) in [6, 6.07) is 6.12. The Morgan fingerprint density at radius 3 is 2.69 bits per heavy atom. The monoisotopic (exact) mass is 221 g/mol. The average Bonchev–Trinajstić information content (AvgIpc) is 2.34. The van der Waals surface area contributed by atoms with Gasteiger partial charge >= 0.3 is 0 Å². The van der Waals surface area contributed by atoms with Crippen molar-refractivity contribution in [2.75, 3.05) is 13.7 Å². The van der Waals surface area contributed by atoms with E-state index in [-0.39, 0.29) is 12.5 Å². The second kappa shape index (κ2) is 6.54. The Morgan fingerprint density at radius 2 is 2.12 bits per heavy atom. The van der Waals surface area contributed by atoms with Gasteiger partial charge in [0.2, 0.25) is 0 Å². The van der Waals surface area contributed by atoms with Gasteiger partial charge in [-0.05, 0) is 43.0 Å². The zero-order valence-corrected chi connectivity index (χ0v) is 10.2. The van der Waals surface area contributed by atoms with Crippen molar-refractivity contribution in [2.24, 2.45) is 0 Å². The van der Waals surface area contributed by atoms with Crippen molar-refractivity contribution in [1.29, 1.82) is 0 Å². The molecule has 2 nitrogen and oxygen atoms in total. The van der Waals surface area contributed by atoms with Crippen molar-refractivity contribution >= 4 is 0 Å². The SMILES string of the molecule is [CH2]C(CO)c1cc(CCCC)cc(OC)c1. The zero-order valence-electron chi connectivity index (χ0n) is 10.2. The van der Waals surface area contributed by atoms with Gasteiger partial charge in [0.25, 0.3) is 0 Å². The first-order valence-corrected chi connectivity index (χ1v) is 5.83. The largest absolute Gasteiger partial charge is 0.497 e. The lowest BCUT2D eigenvalue weighted by Crippen LogP contribution is -2.01. The highest BCUT2D eigenvalue weighted by Crippen LogP contribution is 2.23. The second-order valence-electron chi connectivity index (χ2n) is 4.10. The molecule has 2 heteroatoms. The third kappa shape index (κ3) is 3.53. The molecular weight excluding hydrogens is 200 g/mol. The second-order valence-corrected chi connectivity index (χ2v) is 4.10. The van der Waals surface area contributed by atoms with Crippen LogP contribution in [-0.2, 0) is 6.42 Å². The van der Waals surface area contributed by atoms with Gasteiger partial charge in [0.05, 0.1) is 7.11 Å². The Labute approximate surface area is 98.3 Å². The molecule has 1 radical (unpaired) electrons. The molecule has 1 N–H and O–H groups in total. The summed E-state index contributed by atoms with van der Waals surface area (Å²) in [6.07, 6.45) is 3.41. The molecule has 0 bridgehead atoms. The molecular formula is C14H21O2. The van der Waals surface area contributed by atoms with Crippen LogP contribution >= 0.6 is 0 Å². The summed E-state index contributed by atoms with van der Waals surface area (Å²) in [4.78, 5) is 0. The molecule has 0 aromatic heterocycles. The Kier molecular flexibility index (Phi) is 5.33. The van der Waals surface area contributed by atoms with Crippen LogP contribution in [0.2, 0.25) is 0 Å². The van der Waals surface area contributed by atoms with Crippen LogP contribution in [0.4, 0.5) is 0 Å². The minimum absolute atomic E-state index is 0.0698. The van der Waals surface area contributed by atoms with E-state index in [1.807, 2.05) is 6.07 Å². The number of aryl methyl sites for hydroxylation is 1. The van der Waals surface area contributed by atoms with Crippen LogP contribution < -0.4 is 4.74 Å². The van der Waals surface area contributed by atoms with E-state index in [9.17, 15) is 0 Å². The van der Waals surface area contributed by atoms with Crippen LogP contribution in [0.25, 0.3) is 0 Å². The number of aliphatic hydroxyl groups is 1. The number of hydrogen-bond acceptors (Lipinski definition) is 2. The molecule has 0 spiro atoms. The molecule has 0 fully saturated rings. The minimum atomic E-state index is -0.0736. The van der Waals surface area contributed by atoms with Crippen LogP contribution in [0, 0.1) is 6.92 Å². The highest BCUT2D eigenvalue weighted by molar-refractivity contribution is 5.37. The smallest absolute Gasteiger partial charge is 0.119 e. The number of rotatable bonds is 6. The van der Waals surface area contributed by atoms with Crippen molar-refractivity contribution in [3.8, 4) is 5.75 Å². The van der Waals surface area contributed by atoms with Gasteiger partial charge in [-0.2, -0.15) is 0 Å². The van der Waals surface area contributed by atoms with Crippen LogP contribution in [0.3, 0.4) is 0 Å². The molecule has 0 saturated carbocycles. The van der Waals surface area contributed by atoms with Crippen molar-refractivity contribution in [3.05, 3.63) is 36.2 Å². The van der Waals surface area contributed by atoms with Crippen molar-refractivity contribution in [2.45, 2.75) is 32.1 Å². The van der Waals surface area contributed by atoms with Gasteiger partial charge in [0.1, 0.15) is 5.75 Å². The predicted molar refractivity (Wildman–Crippen MR) is 66.8 cm³/mol. The molecule has 1 unspecified atom stereocenters. The van der Waals surface area contributed by atoms with E-state index in [1.54, 1.807) is 7.11 Å². The van der Waals surface area contributed by atoms with E-state index in [4.69, 9.17) is 9.84 Å². The Hall–Kier alpha value is -1.02. The number of benzene rings is 1. The predicted octanol–water partition coefficient (Wildman–Crippen LogP) is 2.95. The molecule has 0 heterocycles. The molecule has 1 aromatic rings. The molecule has 1 aromatic carbocycles. The molecule has 89 valence electrons. The molecule has 0 aliphatic heterocycles. The minimum Gasteiger partial charge on any atom is -0.497 e. The summed E-state index contributed by atoms with van der Waals surface area (Å²) in [7, 11) is 1.67. The molecule has 1 rings (SSSR count). The topological polar surface area (TPSA) is 29.5 Å². The standard InChI is InChI=1S/C14H21O2/c1-4-5-6-12-7-13(11(2)10-15)9-14(8-12)16-3/h7-9,11,15H,2,4-6,10H2,1,3H3. The summed E-state index contributed by atoms with van der Waals surface area (Å²) >= 11 is 0. The number of aliphatic hydroxyl groups excluding tert-OH is 1. The first-order valence-electron chi connectivity index (χ1n) is 5.83. The molecule has 0 saturated heterocycles. The first-order chi connectivity index (χ1) is 7.71. The third-order valence-corrected chi connectivity index (χ3v) is 2.74.